The molecule has 0 spiro atoms. The van der Waals surface area contributed by atoms with Crippen LogP contribution in [0.5, 0.6) is 0 Å². The third-order valence-corrected chi connectivity index (χ3v) is 6.34. The molecule has 1 aromatic carbocycles. The maximum Gasteiger partial charge on any atom is 0.228 e. The molecular formula is C10H12I2OS. The molecule has 0 bridgehead atoms. The van der Waals surface area contributed by atoms with Gasteiger partial charge in [-0.15, -0.1) is 0 Å². The Balaban J connectivity index is 0.00000169. The van der Waals surface area contributed by atoms with E-state index in [1.54, 1.807) is 0 Å². The van der Waals surface area contributed by atoms with Gasteiger partial charge in [-0.3, -0.25) is 4.79 Å². The molecule has 1 nitrogen and oxygen atoms in total. The van der Waals surface area contributed by atoms with Crippen LogP contribution in [0.25, 0.3) is 0 Å². The summed E-state index contributed by atoms with van der Waals surface area (Å²) in [5, 5.41) is 0. The van der Waals surface area contributed by atoms with Crippen molar-refractivity contribution >= 4 is 39.3 Å². The van der Waals surface area contributed by atoms with Crippen LogP contribution in [0.4, 0.5) is 0 Å². The molecule has 1 atom stereocenters. The molecule has 14 heavy (non-hydrogen) atoms. The second-order valence-electron chi connectivity index (χ2n) is 2.93. The van der Waals surface area contributed by atoms with Gasteiger partial charge in [0.15, 0.2) is 0 Å². The zero-order valence-electron chi connectivity index (χ0n) is 8.04. The summed E-state index contributed by atoms with van der Waals surface area (Å²) in [7, 11) is 0.146. The second kappa shape index (κ2) is 7.05. The standard InChI is InChI=1S/C10H12IOS.HI/c1-13(2)10(11)9(12)8-6-4-3-5-7-8;/h3-7,10H,1-2H3;1H/q+1;/p-1. The first kappa shape index (κ1) is 14.7. The summed E-state index contributed by atoms with van der Waals surface area (Å²) >= 11 is 2.22. The molecule has 0 saturated heterocycles. The Kier molecular flexibility index (Phi) is 7.41. The summed E-state index contributed by atoms with van der Waals surface area (Å²) in [6.07, 6.45) is 4.19. The molecule has 4 heteroatoms. The molecule has 1 aromatic rings. The highest BCUT2D eigenvalue weighted by molar-refractivity contribution is 14.1. The van der Waals surface area contributed by atoms with E-state index in [-0.39, 0.29) is 43.9 Å². The predicted octanol–water partition coefficient (Wildman–Crippen LogP) is -0.488. The minimum Gasteiger partial charge on any atom is -1.00 e. The van der Waals surface area contributed by atoms with Gasteiger partial charge in [0.2, 0.25) is 9.04 Å². The summed E-state index contributed by atoms with van der Waals surface area (Å²) in [5.74, 6) is 0.245. The van der Waals surface area contributed by atoms with Gasteiger partial charge in [-0.1, -0.05) is 30.3 Å². The van der Waals surface area contributed by atoms with Gasteiger partial charge in [-0.05, 0) is 22.6 Å². The molecular weight excluding hydrogens is 422 g/mol. The lowest BCUT2D eigenvalue weighted by Crippen LogP contribution is -3.00. The topological polar surface area (TPSA) is 17.1 Å². The molecule has 1 rings (SSSR count). The number of Topliss-reactive ketones (excluding diaryl/α,β-unsaturated/α-hetero) is 1. The highest BCUT2D eigenvalue weighted by Crippen LogP contribution is 2.15. The summed E-state index contributed by atoms with van der Waals surface area (Å²) in [5.41, 5.74) is 0.822. The third kappa shape index (κ3) is 4.06. The van der Waals surface area contributed by atoms with E-state index < -0.39 is 0 Å². The summed E-state index contributed by atoms with van der Waals surface area (Å²) < 4.78 is 0.111. The predicted molar refractivity (Wildman–Crippen MR) is 67.8 cm³/mol. The molecule has 0 fully saturated rings. The average Bonchev–Trinajstić information content (AvgIpc) is 2.17. The number of rotatable bonds is 3. The van der Waals surface area contributed by atoms with Crippen LogP contribution in [-0.4, -0.2) is 21.6 Å². The SMILES string of the molecule is C[S+](C)C(I)C(=O)c1ccccc1.[I-]. The van der Waals surface area contributed by atoms with E-state index in [1.165, 1.54) is 0 Å². The van der Waals surface area contributed by atoms with Gasteiger partial charge in [-0.2, -0.15) is 0 Å². The van der Waals surface area contributed by atoms with E-state index in [9.17, 15) is 4.79 Å². The Hall–Kier alpha value is 0.700. The van der Waals surface area contributed by atoms with Crippen molar-refractivity contribution in [3.8, 4) is 0 Å². The van der Waals surface area contributed by atoms with Crippen molar-refractivity contribution in [1.82, 2.24) is 0 Å². The molecule has 0 heterocycles. The quantitative estimate of drug-likeness (QED) is 0.272. The van der Waals surface area contributed by atoms with Crippen LogP contribution in [0.3, 0.4) is 0 Å². The minimum absolute atomic E-state index is 0. The van der Waals surface area contributed by atoms with Crippen LogP contribution >= 0.6 is 22.6 Å². The van der Waals surface area contributed by atoms with Crippen LogP contribution in [0.1, 0.15) is 10.4 Å². The fraction of sp³-hybridized carbons (Fsp3) is 0.300. The smallest absolute Gasteiger partial charge is 0.228 e. The van der Waals surface area contributed by atoms with Gasteiger partial charge < -0.3 is 24.0 Å². The van der Waals surface area contributed by atoms with Crippen LogP contribution < -0.4 is 24.0 Å². The number of hydrogen-bond acceptors (Lipinski definition) is 1. The Morgan fingerprint density at radius 3 is 2.21 bits per heavy atom. The average molecular weight is 434 g/mol. The van der Waals surface area contributed by atoms with Crippen molar-refractivity contribution in [2.75, 3.05) is 12.5 Å². The fourth-order valence-corrected chi connectivity index (χ4v) is 1.87. The Bertz CT molecular complexity index is 287. The fourth-order valence-electron chi connectivity index (χ4n) is 0.948. The molecule has 0 amide bonds. The number of carbonyl (C=O) groups is 1. The summed E-state index contributed by atoms with van der Waals surface area (Å²) in [6, 6.07) is 9.48. The van der Waals surface area contributed by atoms with Gasteiger partial charge in [0.1, 0.15) is 0 Å². The number of benzene rings is 1. The monoisotopic (exact) mass is 434 g/mol. The van der Waals surface area contributed by atoms with Crippen LogP contribution in [-0.2, 0) is 10.9 Å². The first-order valence-electron chi connectivity index (χ1n) is 3.92. The van der Waals surface area contributed by atoms with Gasteiger partial charge in [0, 0.05) is 16.5 Å². The van der Waals surface area contributed by atoms with Crippen molar-refractivity contribution in [2.24, 2.45) is 0 Å². The van der Waals surface area contributed by atoms with E-state index >= 15 is 0 Å². The number of hydrogen-bond donors (Lipinski definition) is 0. The lowest BCUT2D eigenvalue weighted by atomic mass is 10.2. The summed E-state index contributed by atoms with van der Waals surface area (Å²) in [4.78, 5) is 11.8. The highest BCUT2D eigenvalue weighted by atomic mass is 127. The van der Waals surface area contributed by atoms with Crippen molar-refractivity contribution in [1.29, 1.82) is 0 Å². The van der Waals surface area contributed by atoms with E-state index in [2.05, 4.69) is 35.1 Å². The van der Waals surface area contributed by atoms with Crippen molar-refractivity contribution in [2.45, 2.75) is 3.26 Å². The third-order valence-electron chi connectivity index (χ3n) is 1.68. The Morgan fingerprint density at radius 2 is 1.79 bits per heavy atom. The lowest BCUT2D eigenvalue weighted by Gasteiger charge is -2.04. The van der Waals surface area contributed by atoms with Crippen LogP contribution in [0.15, 0.2) is 30.3 Å². The van der Waals surface area contributed by atoms with E-state index in [0.29, 0.717) is 0 Å². The van der Waals surface area contributed by atoms with Crippen molar-refractivity contribution in [3.05, 3.63) is 35.9 Å². The maximum absolute atomic E-state index is 11.8. The van der Waals surface area contributed by atoms with Gasteiger partial charge in [0.05, 0.1) is 12.5 Å². The molecule has 0 radical (unpaired) electrons. The molecule has 0 aromatic heterocycles. The number of ketones is 1. The molecule has 0 saturated carbocycles. The number of halogens is 2. The van der Waals surface area contributed by atoms with Crippen molar-refractivity contribution in [3.63, 3.8) is 0 Å². The van der Waals surface area contributed by atoms with Crippen LogP contribution in [0.2, 0.25) is 0 Å². The number of alkyl halides is 1. The van der Waals surface area contributed by atoms with E-state index in [4.69, 9.17) is 0 Å². The van der Waals surface area contributed by atoms with Gasteiger partial charge in [0.25, 0.3) is 0 Å². The maximum atomic E-state index is 11.8. The van der Waals surface area contributed by atoms with E-state index in [1.807, 2.05) is 30.3 Å². The largest absolute Gasteiger partial charge is 1.00 e. The Labute approximate surface area is 119 Å². The minimum atomic E-state index is 0. The normalized spacial score (nSPS) is 12.0. The van der Waals surface area contributed by atoms with Gasteiger partial charge in [-0.25, -0.2) is 0 Å². The molecule has 1 unspecified atom stereocenters. The van der Waals surface area contributed by atoms with Crippen molar-refractivity contribution < 1.29 is 28.8 Å². The zero-order chi connectivity index (χ0) is 9.84. The first-order chi connectivity index (χ1) is 6.13. The molecule has 0 aliphatic heterocycles. The molecule has 0 aliphatic carbocycles. The number of carbonyl (C=O) groups excluding carboxylic acids is 1. The second-order valence-corrected chi connectivity index (χ2v) is 7.25. The molecule has 0 N–H and O–H groups in total. The Morgan fingerprint density at radius 1 is 1.29 bits per heavy atom. The lowest BCUT2D eigenvalue weighted by molar-refractivity contribution is -0.0000105. The molecule has 78 valence electrons. The molecule has 0 aliphatic rings. The highest BCUT2D eigenvalue weighted by Gasteiger charge is 2.26. The van der Waals surface area contributed by atoms with Gasteiger partial charge >= 0.3 is 0 Å². The first-order valence-corrected chi connectivity index (χ1v) is 7.27. The van der Waals surface area contributed by atoms with Crippen LogP contribution in [0, 0.1) is 0 Å². The zero-order valence-corrected chi connectivity index (χ0v) is 13.2. The van der Waals surface area contributed by atoms with E-state index in [0.717, 1.165) is 5.56 Å². The summed E-state index contributed by atoms with van der Waals surface area (Å²) in [6.45, 7) is 0.